The normalized spacial score (nSPS) is 15.4. The average molecular weight is 459 g/mol. The van der Waals surface area contributed by atoms with Crippen LogP contribution in [0, 0.1) is 0 Å². The highest BCUT2D eigenvalue weighted by Gasteiger charge is 2.29. The molecule has 7 nitrogen and oxygen atoms in total. The molecule has 2 aromatic rings. The van der Waals surface area contributed by atoms with E-state index in [4.69, 9.17) is 4.74 Å². The molecule has 1 aliphatic rings. The molecule has 0 aliphatic carbocycles. The Bertz CT molecular complexity index is 1040. The van der Waals surface area contributed by atoms with Crippen LogP contribution >= 0.6 is 0 Å². The molecule has 3 rings (SSSR count). The summed E-state index contributed by atoms with van der Waals surface area (Å²) in [6.07, 6.45) is 0. The predicted molar refractivity (Wildman–Crippen MR) is 123 cm³/mol. The maximum absolute atomic E-state index is 12.6. The van der Waals surface area contributed by atoms with Crippen molar-refractivity contribution in [1.82, 2.24) is 9.21 Å². The summed E-state index contributed by atoms with van der Waals surface area (Å²) >= 11 is 0. The lowest BCUT2D eigenvalue weighted by molar-refractivity contribution is -0.135. The highest BCUT2D eigenvalue weighted by atomic mass is 32.2. The molecule has 1 fully saturated rings. The number of esters is 1. The second-order valence-electron chi connectivity index (χ2n) is 8.93. The van der Waals surface area contributed by atoms with Crippen LogP contribution in [-0.4, -0.2) is 62.3 Å². The van der Waals surface area contributed by atoms with Crippen LogP contribution in [0.1, 0.15) is 42.3 Å². The molecule has 8 heteroatoms. The summed E-state index contributed by atoms with van der Waals surface area (Å²) in [5.74, 6) is -0.944. The largest absolute Gasteiger partial charge is 0.452 e. The van der Waals surface area contributed by atoms with E-state index in [-0.39, 0.29) is 49.9 Å². The topological polar surface area (TPSA) is 84.0 Å². The molecule has 2 aromatic carbocycles. The number of rotatable bonds is 6. The molecule has 1 amide bonds. The Morgan fingerprint density at radius 2 is 1.50 bits per heavy atom. The standard InChI is InChI=1S/C24H30N2O5S/c1-24(2,3)21-11-9-20(10-12-21)23(28)31-17-22(27)25-13-15-26(16-14-25)32(29,30)18-19-7-5-4-6-8-19/h4-12H,13-18H2,1-3H3. The van der Waals surface area contributed by atoms with Gasteiger partial charge < -0.3 is 9.64 Å². The Morgan fingerprint density at radius 3 is 2.06 bits per heavy atom. The van der Waals surface area contributed by atoms with Gasteiger partial charge in [-0.05, 0) is 28.7 Å². The summed E-state index contributed by atoms with van der Waals surface area (Å²) in [5, 5.41) is 0. The average Bonchev–Trinajstić information content (AvgIpc) is 2.77. The molecular formula is C24H30N2O5S. The lowest BCUT2D eigenvalue weighted by Crippen LogP contribution is -2.51. The van der Waals surface area contributed by atoms with Gasteiger partial charge in [0.15, 0.2) is 6.61 Å². The molecule has 172 valence electrons. The van der Waals surface area contributed by atoms with Crippen molar-refractivity contribution in [3.05, 3.63) is 71.3 Å². The third kappa shape index (κ3) is 6.17. The van der Waals surface area contributed by atoms with E-state index in [1.807, 2.05) is 30.3 Å². The van der Waals surface area contributed by atoms with Gasteiger partial charge in [0.25, 0.3) is 5.91 Å². The molecule has 0 atom stereocenters. The quantitative estimate of drug-likeness (QED) is 0.622. The van der Waals surface area contributed by atoms with Crippen molar-refractivity contribution >= 4 is 21.9 Å². The zero-order valence-electron chi connectivity index (χ0n) is 18.8. The number of amides is 1. The van der Waals surface area contributed by atoms with E-state index in [0.29, 0.717) is 5.56 Å². The molecule has 1 heterocycles. The summed E-state index contributed by atoms with van der Waals surface area (Å²) < 4.78 is 31.9. The molecule has 0 radical (unpaired) electrons. The number of carbonyl (C=O) groups is 2. The number of ether oxygens (including phenoxy) is 1. The van der Waals surface area contributed by atoms with Crippen molar-refractivity contribution in [3.63, 3.8) is 0 Å². The van der Waals surface area contributed by atoms with E-state index in [9.17, 15) is 18.0 Å². The van der Waals surface area contributed by atoms with Crippen molar-refractivity contribution in [2.75, 3.05) is 32.8 Å². The van der Waals surface area contributed by atoms with Gasteiger partial charge in [-0.15, -0.1) is 0 Å². The molecule has 0 unspecified atom stereocenters. The van der Waals surface area contributed by atoms with E-state index in [2.05, 4.69) is 20.8 Å². The summed E-state index contributed by atoms with van der Waals surface area (Å²) in [7, 11) is -3.45. The second kappa shape index (κ2) is 9.83. The summed E-state index contributed by atoms with van der Waals surface area (Å²) in [4.78, 5) is 26.2. The molecule has 0 saturated carbocycles. The first kappa shape index (κ1) is 23.9. The molecular weight excluding hydrogens is 428 g/mol. The first-order chi connectivity index (χ1) is 15.1. The highest BCUT2D eigenvalue weighted by Crippen LogP contribution is 2.22. The van der Waals surface area contributed by atoms with Crippen molar-refractivity contribution < 1.29 is 22.7 Å². The van der Waals surface area contributed by atoms with Gasteiger partial charge in [0, 0.05) is 26.2 Å². The first-order valence-corrected chi connectivity index (χ1v) is 12.2. The first-order valence-electron chi connectivity index (χ1n) is 10.6. The molecule has 0 aromatic heterocycles. The maximum Gasteiger partial charge on any atom is 0.338 e. The van der Waals surface area contributed by atoms with Crippen LogP contribution < -0.4 is 0 Å². The number of nitrogens with zero attached hydrogens (tertiary/aromatic N) is 2. The van der Waals surface area contributed by atoms with Gasteiger partial charge >= 0.3 is 5.97 Å². The number of hydrogen-bond donors (Lipinski definition) is 0. The van der Waals surface area contributed by atoms with Gasteiger partial charge in [-0.1, -0.05) is 63.2 Å². The zero-order valence-corrected chi connectivity index (χ0v) is 19.6. The van der Waals surface area contributed by atoms with Gasteiger partial charge in [-0.3, -0.25) is 4.79 Å². The van der Waals surface area contributed by atoms with E-state index >= 15 is 0 Å². The zero-order chi connectivity index (χ0) is 23.4. The van der Waals surface area contributed by atoms with Crippen LogP contribution in [0.4, 0.5) is 0 Å². The van der Waals surface area contributed by atoms with Crippen LogP contribution in [0.5, 0.6) is 0 Å². The van der Waals surface area contributed by atoms with Crippen LogP contribution in [-0.2, 0) is 30.7 Å². The number of benzene rings is 2. The number of piperazine rings is 1. The van der Waals surface area contributed by atoms with Crippen LogP contribution in [0.15, 0.2) is 54.6 Å². The SMILES string of the molecule is CC(C)(C)c1ccc(C(=O)OCC(=O)N2CCN(S(=O)(=O)Cc3ccccc3)CC2)cc1. The van der Waals surface area contributed by atoms with Gasteiger partial charge in [0.1, 0.15) is 0 Å². The Balaban J connectivity index is 1.47. The summed E-state index contributed by atoms with van der Waals surface area (Å²) in [6, 6.07) is 16.2. The molecule has 0 N–H and O–H groups in total. The summed E-state index contributed by atoms with van der Waals surface area (Å²) in [5.41, 5.74) is 2.20. The Kier molecular flexibility index (Phi) is 7.36. The van der Waals surface area contributed by atoms with Crippen LogP contribution in [0.2, 0.25) is 0 Å². The van der Waals surface area contributed by atoms with Gasteiger partial charge in [-0.2, -0.15) is 4.31 Å². The minimum atomic E-state index is -3.45. The molecule has 1 aliphatic heterocycles. The van der Waals surface area contributed by atoms with Crippen molar-refractivity contribution in [3.8, 4) is 0 Å². The highest BCUT2D eigenvalue weighted by molar-refractivity contribution is 7.88. The fourth-order valence-corrected chi connectivity index (χ4v) is 5.02. The number of sulfonamides is 1. The predicted octanol–water partition coefficient (Wildman–Crippen LogP) is 2.82. The lowest BCUT2D eigenvalue weighted by atomic mass is 9.87. The summed E-state index contributed by atoms with van der Waals surface area (Å²) in [6.45, 7) is 6.89. The van der Waals surface area contributed by atoms with Gasteiger partial charge in [0.05, 0.1) is 11.3 Å². The van der Waals surface area contributed by atoms with E-state index < -0.39 is 16.0 Å². The minimum absolute atomic E-state index is 0.0187. The Hall–Kier alpha value is -2.71. The van der Waals surface area contributed by atoms with Gasteiger partial charge in [0.2, 0.25) is 10.0 Å². The van der Waals surface area contributed by atoms with Crippen LogP contribution in [0.3, 0.4) is 0 Å². The van der Waals surface area contributed by atoms with Gasteiger partial charge in [-0.25, -0.2) is 13.2 Å². The monoisotopic (exact) mass is 458 g/mol. The Labute approximate surface area is 190 Å². The van der Waals surface area contributed by atoms with Crippen molar-refractivity contribution in [1.29, 1.82) is 0 Å². The van der Waals surface area contributed by atoms with E-state index in [0.717, 1.165) is 11.1 Å². The molecule has 0 spiro atoms. The fourth-order valence-electron chi connectivity index (χ4n) is 3.50. The fraction of sp³-hybridized carbons (Fsp3) is 0.417. The molecule has 1 saturated heterocycles. The van der Waals surface area contributed by atoms with E-state index in [1.165, 1.54) is 9.21 Å². The maximum atomic E-state index is 12.6. The van der Waals surface area contributed by atoms with Crippen molar-refractivity contribution in [2.45, 2.75) is 31.9 Å². The smallest absolute Gasteiger partial charge is 0.338 e. The number of hydrogen-bond acceptors (Lipinski definition) is 5. The van der Waals surface area contributed by atoms with Crippen molar-refractivity contribution in [2.24, 2.45) is 0 Å². The molecule has 32 heavy (non-hydrogen) atoms. The van der Waals surface area contributed by atoms with E-state index in [1.54, 1.807) is 24.3 Å². The minimum Gasteiger partial charge on any atom is -0.452 e. The number of carbonyl (C=O) groups excluding carboxylic acids is 2. The van der Waals surface area contributed by atoms with Crippen LogP contribution in [0.25, 0.3) is 0 Å². The third-order valence-electron chi connectivity index (χ3n) is 5.49. The lowest BCUT2D eigenvalue weighted by Gasteiger charge is -2.33. The molecule has 0 bridgehead atoms. The Morgan fingerprint density at radius 1 is 0.906 bits per heavy atom. The second-order valence-corrected chi connectivity index (χ2v) is 10.9. The third-order valence-corrected chi connectivity index (χ3v) is 7.34.